The number of nitrogens with two attached hydrogens (primary N) is 1. The summed E-state index contributed by atoms with van der Waals surface area (Å²) in [5.74, 6) is 1.17. The molecule has 9 heteroatoms. The second-order valence-corrected chi connectivity index (χ2v) is 6.69. The molecule has 0 amide bonds. The number of aryl methyl sites for hydroxylation is 1. The van der Waals surface area contributed by atoms with Gasteiger partial charge in [-0.15, -0.1) is 0 Å². The maximum Gasteiger partial charge on any atom is 0.352 e. The number of aromatic nitrogens is 3. The first-order valence-electron chi connectivity index (χ1n) is 9.30. The van der Waals surface area contributed by atoms with E-state index >= 15 is 0 Å². The molecule has 0 atom stereocenters. The van der Waals surface area contributed by atoms with Crippen LogP contribution in [0.5, 0.6) is 11.5 Å². The number of anilines is 1. The monoisotopic (exact) mass is 395 g/mol. The molecule has 9 nitrogen and oxygen atoms in total. The summed E-state index contributed by atoms with van der Waals surface area (Å²) in [5, 5.41) is 8.79. The molecule has 0 bridgehead atoms. The lowest BCUT2D eigenvalue weighted by molar-refractivity contribution is -0.135. The van der Waals surface area contributed by atoms with Gasteiger partial charge in [0.1, 0.15) is 23.5 Å². The van der Waals surface area contributed by atoms with Gasteiger partial charge in [0.05, 0.1) is 12.0 Å². The predicted molar refractivity (Wildman–Crippen MR) is 106 cm³/mol. The number of rotatable bonds is 8. The Kier molecular flexibility index (Phi) is 5.28. The Bertz CT molecular complexity index is 1060. The number of unbranched alkanes of at least 4 members (excludes halogenated alkanes) is 1. The van der Waals surface area contributed by atoms with Gasteiger partial charge in [0, 0.05) is 19.2 Å². The predicted octanol–water partition coefficient (Wildman–Crippen LogP) is 2.33. The number of hydrogen-bond donors (Lipinski definition) is 2. The Hall–Kier alpha value is -3.62. The number of carbonyl (C=O) groups excluding carboxylic acids is 1. The van der Waals surface area contributed by atoms with Gasteiger partial charge in [0.2, 0.25) is 6.79 Å². The normalized spacial score (nSPS) is 12.3. The number of nitrogens with one attached hydrogen (secondary N) is 1. The fourth-order valence-electron chi connectivity index (χ4n) is 3.17. The summed E-state index contributed by atoms with van der Waals surface area (Å²) in [4.78, 5) is 20.3. The molecular weight excluding hydrogens is 374 g/mol. The van der Waals surface area contributed by atoms with Gasteiger partial charge in [-0.3, -0.25) is 5.41 Å². The summed E-state index contributed by atoms with van der Waals surface area (Å²) in [7, 11) is 0. The van der Waals surface area contributed by atoms with Gasteiger partial charge in [0.15, 0.2) is 11.5 Å². The minimum Gasteiger partial charge on any atom is -0.461 e. The molecule has 0 radical (unpaired) electrons. The third-order valence-electron chi connectivity index (χ3n) is 4.68. The molecule has 3 heterocycles. The van der Waals surface area contributed by atoms with Gasteiger partial charge in [-0.1, -0.05) is 6.07 Å². The van der Waals surface area contributed by atoms with Crippen LogP contribution in [0.1, 0.15) is 18.4 Å². The van der Waals surface area contributed by atoms with Crippen molar-refractivity contribution in [2.24, 2.45) is 0 Å². The first-order valence-corrected chi connectivity index (χ1v) is 9.30. The van der Waals surface area contributed by atoms with Crippen LogP contribution in [-0.2, 0) is 22.5 Å². The van der Waals surface area contributed by atoms with Gasteiger partial charge < -0.3 is 24.5 Å². The van der Waals surface area contributed by atoms with Crippen molar-refractivity contribution in [2.45, 2.75) is 25.8 Å². The van der Waals surface area contributed by atoms with Crippen LogP contribution in [0, 0.1) is 5.41 Å². The molecule has 150 valence electrons. The average molecular weight is 395 g/mol. The molecule has 0 fully saturated rings. The molecule has 1 aliphatic rings. The van der Waals surface area contributed by atoms with Crippen LogP contribution < -0.4 is 15.2 Å². The Labute approximate surface area is 166 Å². The zero-order valence-electron chi connectivity index (χ0n) is 15.8. The second-order valence-electron chi connectivity index (χ2n) is 6.69. The molecule has 0 saturated carbocycles. The number of hydrogen-bond acceptors (Lipinski definition) is 8. The summed E-state index contributed by atoms with van der Waals surface area (Å²) >= 11 is 0. The van der Waals surface area contributed by atoms with Crippen molar-refractivity contribution in [1.82, 2.24) is 14.5 Å². The van der Waals surface area contributed by atoms with Gasteiger partial charge in [-0.05, 0) is 36.6 Å². The SMILES string of the molecule is N=C(Cc1ccc2c(c1)OCO2)C(=O)OCCCCn1ccc2c(N)ncnc21. The summed E-state index contributed by atoms with van der Waals surface area (Å²) in [5.41, 5.74) is 7.34. The quantitative estimate of drug-likeness (QED) is 0.341. The van der Waals surface area contributed by atoms with Gasteiger partial charge in [0.25, 0.3) is 0 Å². The highest BCUT2D eigenvalue weighted by atomic mass is 16.7. The van der Waals surface area contributed by atoms with E-state index in [2.05, 4.69) is 9.97 Å². The lowest BCUT2D eigenvalue weighted by Crippen LogP contribution is -2.19. The van der Waals surface area contributed by atoms with Crippen molar-refractivity contribution in [1.29, 1.82) is 5.41 Å². The number of fused-ring (bicyclic) bond motifs is 2. The summed E-state index contributed by atoms with van der Waals surface area (Å²) in [6.45, 7) is 1.18. The van der Waals surface area contributed by atoms with E-state index < -0.39 is 5.97 Å². The Morgan fingerprint density at radius 3 is 2.97 bits per heavy atom. The van der Waals surface area contributed by atoms with Crippen molar-refractivity contribution in [3.05, 3.63) is 42.4 Å². The maximum absolute atomic E-state index is 12.0. The van der Waals surface area contributed by atoms with Crippen LogP contribution >= 0.6 is 0 Å². The van der Waals surface area contributed by atoms with Crippen molar-refractivity contribution in [3.8, 4) is 11.5 Å². The van der Waals surface area contributed by atoms with Gasteiger partial charge in [-0.25, -0.2) is 14.8 Å². The minimum absolute atomic E-state index is 0.0903. The standard InChI is InChI=1S/C20H21N5O4/c21-15(9-13-3-4-16-17(10-13)29-12-28-16)20(26)27-8-2-1-6-25-7-5-14-18(22)23-11-24-19(14)25/h3-5,7,10-11,21H,1-2,6,8-9,12H2,(H2,22,23,24). The zero-order chi connectivity index (χ0) is 20.2. The van der Waals surface area contributed by atoms with E-state index in [-0.39, 0.29) is 25.5 Å². The largest absolute Gasteiger partial charge is 0.461 e. The van der Waals surface area contributed by atoms with Crippen molar-refractivity contribution in [3.63, 3.8) is 0 Å². The fraction of sp³-hybridized carbons (Fsp3) is 0.300. The molecule has 29 heavy (non-hydrogen) atoms. The smallest absolute Gasteiger partial charge is 0.352 e. The van der Waals surface area contributed by atoms with Crippen LogP contribution in [0.25, 0.3) is 11.0 Å². The first-order chi connectivity index (χ1) is 14.1. The Morgan fingerprint density at radius 1 is 1.21 bits per heavy atom. The van der Waals surface area contributed by atoms with Crippen molar-refractivity contribution < 1.29 is 19.0 Å². The Balaban J connectivity index is 1.20. The van der Waals surface area contributed by atoms with Crippen LogP contribution in [0.15, 0.2) is 36.8 Å². The lowest BCUT2D eigenvalue weighted by Gasteiger charge is -2.08. The van der Waals surface area contributed by atoms with Crippen LogP contribution in [0.3, 0.4) is 0 Å². The Morgan fingerprint density at radius 2 is 2.07 bits per heavy atom. The number of ether oxygens (including phenoxy) is 3. The zero-order valence-corrected chi connectivity index (χ0v) is 15.8. The molecule has 0 spiro atoms. The fourth-order valence-corrected chi connectivity index (χ4v) is 3.17. The molecule has 3 aromatic rings. The highest BCUT2D eigenvalue weighted by Crippen LogP contribution is 2.32. The van der Waals surface area contributed by atoms with Gasteiger partial charge in [-0.2, -0.15) is 0 Å². The van der Waals surface area contributed by atoms with E-state index in [0.717, 1.165) is 29.6 Å². The highest BCUT2D eigenvalue weighted by Gasteiger charge is 2.16. The molecule has 0 saturated heterocycles. The molecule has 1 aliphatic heterocycles. The topological polar surface area (TPSA) is 125 Å². The van der Waals surface area contributed by atoms with E-state index in [9.17, 15) is 4.79 Å². The number of esters is 1. The van der Waals surface area contributed by atoms with Crippen molar-refractivity contribution >= 4 is 28.5 Å². The summed E-state index contributed by atoms with van der Waals surface area (Å²) < 4.78 is 17.8. The van der Waals surface area contributed by atoms with E-state index in [4.69, 9.17) is 25.4 Å². The molecule has 2 aromatic heterocycles. The van der Waals surface area contributed by atoms with E-state index in [1.165, 1.54) is 6.33 Å². The van der Waals surface area contributed by atoms with E-state index in [1.54, 1.807) is 12.1 Å². The third-order valence-corrected chi connectivity index (χ3v) is 4.68. The van der Waals surface area contributed by atoms with Crippen molar-refractivity contribution in [2.75, 3.05) is 19.1 Å². The van der Waals surface area contributed by atoms with E-state index in [0.29, 0.717) is 23.7 Å². The summed E-state index contributed by atoms with van der Waals surface area (Å²) in [6, 6.07) is 7.26. The van der Waals surface area contributed by atoms with Gasteiger partial charge >= 0.3 is 5.97 Å². The number of carbonyl (C=O) groups is 1. The maximum atomic E-state index is 12.0. The number of benzene rings is 1. The molecule has 4 rings (SSSR count). The molecule has 3 N–H and O–H groups in total. The summed E-state index contributed by atoms with van der Waals surface area (Å²) in [6.07, 6.45) is 5.04. The number of nitrogen functional groups attached to an aromatic ring is 1. The van der Waals surface area contributed by atoms with Crippen LogP contribution in [-0.4, -0.2) is 39.6 Å². The lowest BCUT2D eigenvalue weighted by atomic mass is 10.1. The molecule has 0 unspecified atom stereocenters. The average Bonchev–Trinajstić information content (AvgIpc) is 3.35. The van der Waals surface area contributed by atoms with E-state index in [1.807, 2.05) is 22.9 Å². The molecule has 1 aromatic carbocycles. The third kappa shape index (κ3) is 4.13. The first kappa shape index (κ1) is 18.7. The van der Waals surface area contributed by atoms with Crippen LogP contribution in [0.4, 0.5) is 5.82 Å². The highest BCUT2D eigenvalue weighted by molar-refractivity contribution is 6.35. The number of nitrogens with zero attached hydrogens (tertiary/aromatic N) is 3. The molecule has 0 aliphatic carbocycles. The molecular formula is C20H21N5O4. The van der Waals surface area contributed by atoms with Crippen LogP contribution in [0.2, 0.25) is 0 Å². The minimum atomic E-state index is -0.602. The second kappa shape index (κ2) is 8.17.